The maximum atomic E-state index is 11.4. The van der Waals surface area contributed by atoms with Crippen LogP contribution in [0.2, 0.25) is 5.02 Å². The number of hydrazine groups is 1. The first-order chi connectivity index (χ1) is 8.50. The van der Waals surface area contributed by atoms with E-state index in [9.17, 15) is 9.59 Å². The normalized spacial score (nSPS) is 11.7. The minimum Gasteiger partial charge on any atom is -0.320 e. The summed E-state index contributed by atoms with van der Waals surface area (Å²) in [6, 6.07) is 6.66. The predicted octanol–water partition coefficient (Wildman–Crippen LogP) is 0.767. The molecule has 1 unspecified atom stereocenters. The van der Waals surface area contributed by atoms with Gasteiger partial charge in [-0.3, -0.25) is 20.4 Å². The third-order valence-corrected chi connectivity index (χ3v) is 2.69. The lowest BCUT2D eigenvalue weighted by molar-refractivity contribution is -0.129. The number of amides is 2. The molecule has 1 atom stereocenters. The van der Waals surface area contributed by atoms with Gasteiger partial charge in [-0.15, -0.1) is 0 Å². The van der Waals surface area contributed by atoms with Crippen LogP contribution >= 0.6 is 11.6 Å². The van der Waals surface area contributed by atoms with E-state index in [1.165, 1.54) is 6.92 Å². The molecule has 18 heavy (non-hydrogen) atoms. The molecular weight excluding hydrogens is 254 g/mol. The van der Waals surface area contributed by atoms with Crippen LogP contribution in [-0.4, -0.2) is 17.9 Å². The Morgan fingerprint density at radius 2 is 2.00 bits per heavy atom. The number of carbonyl (C=O) groups is 2. The molecule has 1 rings (SSSR count). The predicted molar refractivity (Wildman–Crippen MR) is 69.7 cm³/mol. The van der Waals surface area contributed by atoms with E-state index in [-0.39, 0.29) is 12.3 Å². The number of aryl methyl sites for hydroxylation is 1. The van der Waals surface area contributed by atoms with E-state index in [0.29, 0.717) is 11.4 Å². The molecule has 2 amide bonds. The summed E-state index contributed by atoms with van der Waals surface area (Å²) in [5.41, 5.74) is 10.8. The second-order valence-electron chi connectivity index (χ2n) is 3.92. The third kappa shape index (κ3) is 4.73. The monoisotopic (exact) mass is 269 g/mol. The van der Waals surface area contributed by atoms with Crippen molar-refractivity contribution in [2.24, 2.45) is 5.73 Å². The molecule has 1 aromatic rings. The molecule has 0 fully saturated rings. The zero-order valence-corrected chi connectivity index (χ0v) is 10.8. The van der Waals surface area contributed by atoms with E-state index in [0.717, 1.165) is 5.56 Å². The van der Waals surface area contributed by atoms with Crippen LogP contribution in [0.4, 0.5) is 0 Å². The van der Waals surface area contributed by atoms with E-state index >= 15 is 0 Å². The van der Waals surface area contributed by atoms with Crippen molar-refractivity contribution in [2.75, 3.05) is 0 Å². The molecule has 5 nitrogen and oxygen atoms in total. The SMILES string of the molecule is CC(N)C(=O)NNC(=O)CCc1ccccc1Cl. The van der Waals surface area contributed by atoms with Gasteiger partial charge in [0.05, 0.1) is 6.04 Å². The Morgan fingerprint density at radius 3 is 2.61 bits per heavy atom. The number of rotatable bonds is 4. The molecule has 0 bridgehead atoms. The van der Waals surface area contributed by atoms with Crippen LogP contribution in [-0.2, 0) is 16.0 Å². The van der Waals surface area contributed by atoms with E-state index in [4.69, 9.17) is 17.3 Å². The number of hydrogen-bond acceptors (Lipinski definition) is 3. The number of nitrogens with two attached hydrogens (primary N) is 1. The first-order valence-electron chi connectivity index (χ1n) is 5.58. The number of carbonyl (C=O) groups excluding carboxylic acids is 2. The minimum absolute atomic E-state index is 0.239. The average molecular weight is 270 g/mol. The highest BCUT2D eigenvalue weighted by Crippen LogP contribution is 2.16. The highest BCUT2D eigenvalue weighted by atomic mass is 35.5. The Bertz CT molecular complexity index is 435. The van der Waals surface area contributed by atoms with Gasteiger partial charge in [0.2, 0.25) is 5.91 Å². The lowest BCUT2D eigenvalue weighted by Crippen LogP contribution is -2.48. The van der Waals surface area contributed by atoms with Crippen molar-refractivity contribution in [2.45, 2.75) is 25.8 Å². The summed E-state index contributed by atoms with van der Waals surface area (Å²) in [7, 11) is 0. The van der Waals surface area contributed by atoms with Crippen LogP contribution in [0.3, 0.4) is 0 Å². The van der Waals surface area contributed by atoms with Crippen molar-refractivity contribution < 1.29 is 9.59 Å². The molecule has 4 N–H and O–H groups in total. The van der Waals surface area contributed by atoms with Gasteiger partial charge in [-0.25, -0.2) is 0 Å². The van der Waals surface area contributed by atoms with Crippen LogP contribution in [0, 0.1) is 0 Å². The molecule has 0 aliphatic rings. The summed E-state index contributed by atoms with van der Waals surface area (Å²) < 4.78 is 0. The fraction of sp³-hybridized carbons (Fsp3) is 0.333. The smallest absolute Gasteiger partial charge is 0.254 e. The number of nitrogens with one attached hydrogen (secondary N) is 2. The third-order valence-electron chi connectivity index (χ3n) is 2.32. The number of benzene rings is 1. The van der Waals surface area contributed by atoms with Crippen molar-refractivity contribution in [3.8, 4) is 0 Å². The molecule has 1 aromatic carbocycles. The highest BCUT2D eigenvalue weighted by molar-refractivity contribution is 6.31. The van der Waals surface area contributed by atoms with Gasteiger partial charge in [0, 0.05) is 11.4 Å². The quantitative estimate of drug-likeness (QED) is 0.706. The van der Waals surface area contributed by atoms with Crippen LogP contribution in [0.25, 0.3) is 0 Å². The van der Waals surface area contributed by atoms with Crippen LogP contribution in [0.15, 0.2) is 24.3 Å². The van der Waals surface area contributed by atoms with Gasteiger partial charge in [-0.2, -0.15) is 0 Å². The molecule has 0 saturated heterocycles. The van der Waals surface area contributed by atoms with Gasteiger partial charge in [-0.1, -0.05) is 29.8 Å². The lowest BCUT2D eigenvalue weighted by Gasteiger charge is -2.09. The van der Waals surface area contributed by atoms with E-state index in [2.05, 4.69) is 10.9 Å². The van der Waals surface area contributed by atoms with Crippen molar-refractivity contribution >= 4 is 23.4 Å². The first kappa shape index (κ1) is 14.5. The van der Waals surface area contributed by atoms with E-state index in [1.807, 2.05) is 18.2 Å². The Labute approximate surface area is 111 Å². The van der Waals surface area contributed by atoms with Crippen LogP contribution < -0.4 is 16.6 Å². The molecule has 0 radical (unpaired) electrons. The summed E-state index contributed by atoms with van der Waals surface area (Å²) in [4.78, 5) is 22.5. The summed E-state index contributed by atoms with van der Waals surface area (Å²) >= 11 is 5.96. The second kappa shape index (κ2) is 6.98. The summed E-state index contributed by atoms with van der Waals surface area (Å²) in [6.45, 7) is 1.53. The largest absolute Gasteiger partial charge is 0.320 e. The topological polar surface area (TPSA) is 84.2 Å². The van der Waals surface area contributed by atoms with E-state index < -0.39 is 11.9 Å². The highest BCUT2D eigenvalue weighted by Gasteiger charge is 2.09. The Hall–Kier alpha value is -1.59. The van der Waals surface area contributed by atoms with Gasteiger partial charge in [0.1, 0.15) is 0 Å². The van der Waals surface area contributed by atoms with Gasteiger partial charge in [-0.05, 0) is 25.0 Å². The Balaban J connectivity index is 2.34. The van der Waals surface area contributed by atoms with Crippen LogP contribution in [0.1, 0.15) is 18.9 Å². The van der Waals surface area contributed by atoms with Crippen molar-refractivity contribution in [1.29, 1.82) is 0 Å². The van der Waals surface area contributed by atoms with Gasteiger partial charge in [0.15, 0.2) is 0 Å². The number of hydrogen-bond donors (Lipinski definition) is 3. The Morgan fingerprint density at radius 1 is 1.33 bits per heavy atom. The zero-order valence-electron chi connectivity index (χ0n) is 10.1. The molecule has 6 heteroatoms. The fourth-order valence-corrected chi connectivity index (χ4v) is 1.49. The standard InChI is InChI=1S/C12H16ClN3O2/c1-8(14)12(18)16-15-11(17)7-6-9-4-2-3-5-10(9)13/h2-5,8H,6-7,14H2,1H3,(H,15,17)(H,16,18). The molecule has 98 valence electrons. The molecule has 0 heterocycles. The van der Waals surface area contributed by atoms with E-state index in [1.54, 1.807) is 6.07 Å². The molecule has 0 spiro atoms. The maximum absolute atomic E-state index is 11.4. The molecule has 0 saturated carbocycles. The molecule has 0 aliphatic carbocycles. The fourth-order valence-electron chi connectivity index (χ4n) is 1.26. The van der Waals surface area contributed by atoms with Crippen molar-refractivity contribution in [1.82, 2.24) is 10.9 Å². The average Bonchev–Trinajstić information content (AvgIpc) is 2.34. The number of halogens is 1. The summed E-state index contributed by atoms with van der Waals surface area (Å²) in [5, 5.41) is 0.630. The second-order valence-corrected chi connectivity index (χ2v) is 4.32. The van der Waals surface area contributed by atoms with Crippen LogP contribution in [0.5, 0.6) is 0 Å². The Kier molecular flexibility index (Phi) is 5.61. The first-order valence-corrected chi connectivity index (χ1v) is 5.96. The van der Waals surface area contributed by atoms with Gasteiger partial charge >= 0.3 is 0 Å². The zero-order chi connectivity index (χ0) is 13.5. The van der Waals surface area contributed by atoms with Crippen molar-refractivity contribution in [3.63, 3.8) is 0 Å². The summed E-state index contributed by atoms with van der Waals surface area (Å²) in [6.07, 6.45) is 0.753. The summed E-state index contributed by atoms with van der Waals surface area (Å²) in [5.74, 6) is -0.718. The van der Waals surface area contributed by atoms with Crippen molar-refractivity contribution in [3.05, 3.63) is 34.9 Å². The van der Waals surface area contributed by atoms with Gasteiger partial charge < -0.3 is 5.73 Å². The maximum Gasteiger partial charge on any atom is 0.254 e. The van der Waals surface area contributed by atoms with Gasteiger partial charge in [0.25, 0.3) is 5.91 Å². The lowest BCUT2D eigenvalue weighted by atomic mass is 10.1. The molecule has 0 aliphatic heterocycles. The molecular formula is C12H16ClN3O2. The molecule has 0 aromatic heterocycles. The minimum atomic E-state index is -0.658.